The van der Waals surface area contributed by atoms with Crippen molar-refractivity contribution in [3.63, 3.8) is 0 Å². The highest BCUT2D eigenvalue weighted by atomic mass is 35.5. The zero-order valence-corrected chi connectivity index (χ0v) is 16.1. The van der Waals surface area contributed by atoms with E-state index in [1.165, 1.54) is 27.8 Å². The minimum atomic E-state index is -0.556. The Labute approximate surface area is 163 Å². The van der Waals surface area contributed by atoms with Crippen molar-refractivity contribution in [3.8, 4) is 0 Å². The average Bonchev–Trinajstić information content (AvgIpc) is 3.29. The van der Waals surface area contributed by atoms with Crippen LogP contribution in [0.4, 0.5) is 0 Å². The molecule has 2 aromatic heterocycles. The van der Waals surface area contributed by atoms with E-state index in [-0.39, 0.29) is 29.5 Å². The van der Waals surface area contributed by atoms with Gasteiger partial charge in [0.2, 0.25) is 11.8 Å². The fourth-order valence-electron chi connectivity index (χ4n) is 3.04. The van der Waals surface area contributed by atoms with E-state index in [4.69, 9.17) is 11.6 Å². The Morgan fingerprint density at radius 2 is 2.31 bits per heavy atom. The zero-order valence-electron chi connectivity index (χ0n) is 13.7. The summed E-state index contributed by atoms with van der Waals surface area (Å²) in [5.41, 5.74) is 0.845. The van der Waals surface area contributed by atoms with E-state index < -0.39 is 12.1 Å². The number of nitrogens with one attached hydrogen (secondary N) is 1. The fraction of sp³-hybridized carbons (Fsp3) is 0.357. The highest BCUT2D eigenvalue weighted by molar-refractivity contribution is 8.02. The summed E-state index contributed by atoms with van der Waals surface area (Å²) in [6.07, 6.45) is 0.275. The third-order valence-corrected chi connectivity index (χ3v) is 6.62. The molecule has 0 unspecified atom stereocenters. The fourth-order valence-corrected chi connectivity index (χ4v) is 5.28. The highest BCUT2D eigenvalue weighted by Gasteiger charge is 2.55. The molecule has 0 aromatic carbocycles. The SMILES string of the molecule is Bn1nnc([C@H]2C(CCl)=CS[C@@H]3[C@H](NC(=O)Cc4cccs4)C(=O)N23)n1. The maximum atomic E-state index is 12.7. The van der Waals surface area contributed by atoms with E-state index in [9.17, 15) is 9.59 Å². The summed E-state index contributed by atoms with van der Waals surface area (Å²) in [6, 6.07) is 2.81. The molecule has 0 bridgehead atoms. The number of thiophene rings is 1. The van der Waals surface area contributed by atoms with Gasteiger partial charge in [0.15, 0.2) is 5.82 Å². The van der Waals surface area contributed by atoms with Gasteiger partial charge in [0, 0.05) is 10.8 Å². The molecule has 0 radical (unpaired) electrons. The number of fused-ring (bicyclic) bond motifs is 1. The smallest absolute Gasteiger partial charge is 0.278 e. The van der Waals surface area contributed by atoms with Gasteiger partial charge in [-0.05, 0) is 22.4 Å². The summed E-state index contributed by atoms with van der Waals surface area (Å²) in [6.45, 7) is 0. The summed E-state index contributed by atoms with van der Waals surface area (Å²) in [4.78, 5) is 27.6. The molecular formula is C14H14BClN6O2S2. The molecule has 2 aliphatic rings. The van der Waals surface area contributed by atoms with Gasteiger partial charge in [-0.1, -0.05) is 11.3 Å². The largest absolute Gasteiger partial charge is 0.341 e. The lowest BCUT2D eigenvalue weighted by molar-refractivity contribution is -0.151. The second kappa shape index (κ2) is 7.05. The molecular weight excluding hydrogens is 395 g/mol. The number of hydrogen-bond donors (Lipinski definition) is 1. The number of rotatable bonds is 5. The third-order valence-electron chi connectivity index (χ3n) is 4.22. The molecule has 2 aromatic rings. The maximum Gasteiger partial charge on any atom is 0.278 e. The van der Waals surface area contributed by atoms with Crippen LogP contribution in [0.25, 0.3) is 0 Å². The first kappa shape index (κ1) is 17.6. The second-order valence-corrected chi connectivity index (χ2v) is 8.23. The first-order valence-corrected chi connectivity index (χ1v) is 10.2. The number of aromatic nitrogens is 4. The van der Waals surface area contributed by atoms with E-state index in [1.54, 1.807) is 12.9 Å². The number of halogens is 1. The van der Waals surface area contributed by atoms with Crippen LogP contribution in [0.2, 0.25) is 0 Å². The van der Waals surface area contributed by atoms with Crippen molar-refractivity contribution in [1.29, 1.82) is 0 Å². The van der Waals surface area contributed by atoms with Crippen molar-refractivity contribution in [1.82, 2.24) is 30.3 Å². The first-order chi connectivity index (χ1) is 12.6. The van der Waals surface area contributed by atoms with Crippen molar-refractivity contribution in [3.05, 3.63) is 39.2 Å². The monoisotopic (exact) mass is 408 g/mol. The van der Waals surface area contributed by atoms with Crippen LogP contribution in [0.15, 0.2) is 28.5 Å². The lowest BCUT2D eigenvalue weighted by atomic mass is 9.98. The Balaban J connectivity index is 1.50. The molecule has 1 saturated heterocycles. The van der Waals surface area contributed by atoms with Gasteiger partial charge in [-0.25, -0.2) is 4.71 Å². The Morgan fingerprint density at radius 1 is 1.46 bits per heavy atom. The molecule has 2 aliphatic heterocycles. The summed E-state index contributed by atoms with van der Waals surface area (Å²) < 4.78 is 1.35. The Hall–Kier alpha value is -1.85. The standard InChI is InChI=1S/C14H14BClN6O2S2/c15-22-19-12(18-20-22)11-7(5-16)6-26-14-10(13(24)21(11)14)17-9(23)4-8-2-1-3-25-8/h1-3,6,10-11,14H,4-5,15H2,(H,17,23)/t10-,11-,14-/m1/s1. The number of carbonyl (C=O) groups excluding carboxylic acids is 2. The number of hydrogen-bond acceptors (Lipinski definition) is 7. The van der Waals surface area contributed by atoms with Crippen molar-refractivity contribution in [2.45, 2.75) is 23.9 Å². The van der Waals surface area contributed by atoms with Crippen molar-refractivity contribution in [2.24, 2.45) is 0 Å². The molecule has 8 nitrogen and oxygen atoms in total. The molecule has 4 rings (SSSR count). The number of thioether (sulfide) groups is 1. The van der Waals surface area contributed by atoms with Crippen LogP contribution in [0, 0.1) is 0 Å². The minimum absolute atomic E-state index is 0.157. The molecule has 2 amide bonds. The van der Waals surface area contributed by atoms with Crippen molar-refractivity contribution < 1.29 is 9.59 Å². The Morgan fingerprint density at radius 3 is 2.96 bits per heavy atom. The van der Waals surface area contributed by atoms with Crippen molar-refractivity contribution in [2.75, 3.05) is 5.88 Å². The summed E-state index contributed by atoms with van der Waals surface area (Å²) in [5, 5.41) is 18.6. The number of alkyl halides is 1. The predicted molar refractivity (Wildman–Crippen MR) is 101 cm³/mol. The molecule has 1 N–H and O–H groups in total. The van der Waals surface area contributed by atoms with Gasteiger partial charge in [0.05, 0.1) is 6.42 Å². The molecule has 0 saturated carbocycles. The van der Waals surface area contributed by atoms with Crippen molar-refractivity contribution >= 4 is 54.5 Å². The van der Waals surface area contributed by atoms with Crippen LogP contribution < -0.4 is 5.32 Å². The Kier molecular flexibility index (Phi) is 4.76. The van der Waals surface area contributed by atoms with Crippen LogP contribution in [-0.2, 0) is 16.0 Å². The van der Waals surface area contributed by atoms with E-state index in [2.05, 4.69) is 20.7 Å². The van der Waals surface area contributed by atoms with E-state index >= 15 is 0 Å². The number of tetrazole rings is 1. The maximum absolute atomic E-state index is 12.7. The quantitative estimate of drug-likeness (QED) is 0.423. The number of nitrogens with zero attached hydrogens (tertiary/aromatic N) is 5. The molecule has 0 spiro atoms. The van der Waals surface area contributed by atoms with Gasteiger partial charge in [-0.3, -0.25) is 9.59 Å². The van der Waals surface area contributed by atoms with Gasteiger partial charge < -0.3 is 10.2 Å². The predicted octanol–water partition coefficient (Wildman–Crippen LogP) is -0.0628. The second-order valence-electron chi connectivity index (χ2n) is 5.94. The van der Waals surface area contributed by atoms with E-state index in [0.717, 1.165) is 10.5 Å². The molecule has 4 heterocycles. The van der Waals surface area contributed by atoms with E-state index in [1.807, 2.05) is 22.9 Å². The molecule has 3 atom stereocenters. The van der Waals surface area contributed by atoms with Gasteiger partial charge in [-0.15, -0.1) is 44.9 Å². The molecule has 26 heavy (non-hydrogen) atoms. The van der Waals surface area contributed by atoms with E-state index in [0.29, 0.717) is 5.82 Å². The third kappa shape index (κ3) is 3.04. The zero-order chi connectivity index (χ0) is 18.3. The van der Waals surface area contributed by atoms with Crippen LogP contribution in [0.5, 0.6) is 0 Å². The molecule has 1 fully saturated rings. The normalized spacial score (nSPS) is 24.7. The summed E-state index contributed by atoms with van der Waals surface area (Å²) in [5.74, 6) is 0.380. The van der Waals surface area contributed by atoms with Crippen LogP contribution in [0.3, 0.4) is 0 Å². The molecule has 0 aliphatic carbocycles. The number of carbonyl (C=O) groups is 2. The minimum Gasteiger partial charge on any atom is -0.341 e. The summed E-state index contributed by atoms with van der Waals surface area (Å²) >= 11 is 9.04. The lowest BCUT2D eigenvalue weighted by Crippen LogP contribution is -2.71. The number of β-lactam (4-membered cyclic amide) rings is 1. The van der Waals surface area contributed by atoms with Gasteiger partial charge >= 0.3 is 0 Å². The van der Waals surface area contributed by atoms with Gasteiger partial charge in [0.1, 0.15) is 17.5 Å². The summed E-state index contributed by atoms with van der Waals surface area (Å²) in [7, 11) is 1.67. The Bertz CT molecular complexity index is 873. The molecule has 134 valence electrons. The van der Waals surface area contributed by atoms with Crippen LogP contribution in [0.1, 0.15) is 16.7 Å². The first-order valence-electron chi connectivity index (χ1n) is 7.86. The highest BCUT2D eigenvalue weighted by Crippen LogP contribution is 2.45. The average molecular weight is 409 g/mol. The van der Waals surface area contributed by atoms with Gasteiger partial charge in [-0.2, -0.15) is 0 Å². The van der Waals surface area contributed by atoms with Crippen LogP contribution in [-0.4, -0.2) is 62.1 Å². The lowest BCUT2D eigenvalue weighted by Gasteiger charge is -2.51. The van der Waals surface area contributed by atoms with Gasteiger partial charge in [0.25, 0.3) is 7.98 Å². The number of amides is 2. The van der Waals surface area contributed by atoms with Crippen LogP contribution >= 0.6 is 34.7 Å². The molecule has 12 heteroatoms. The topological polar surface area (TPSA) is 93.0 Å².